The summed E-state index contributed by atoms with van der Waals surface area (Å²) in [5, 5.41) is 13.6. The van der Waals surface area contributed by atoms with E-state index in [-0.39, 0.29) is 18.6 Å². The highest BCUT2D eigenvalue weighted by Crippen LogP contribution is 2.15. The van der Waals surface area contributed by atoms with Crippen LogP contribution in [0.4, 0.5) is 0 Å². The smallest absolute Gasteiger partial charge is 0.251 e. The maximum Gasteiger partial charge on any atom is 0.251 e. The molecule has 0 fully saturated rings. The second kappa shape index (κ2) is 7.75. The van der Waals surface area contributed by atoms with E-state index in [0.717, 1.165) is 5.69 Å². The molecular weight excluding hydrogens is 288 g/mol. The van der Waals surface area contributed by atoms with Crippen molar-refractivity contribution in [1.82, 2.24) is 10.3 Å². The van der Waals surface area contributed by atoms with Crippen molar-refractivity contribution in [2.45, 2.75) is 26.0 Å². The minimum Gasteiger partial charge on any atom is -0.487 e. The summed E-state index contributed by atoms with van der Waals surface area (Å²) in [5.74, 6) is 0.459. The van der Waals surface area contributed by atoms with Crippen LogP contribution < -0.4 is 10.1 Å². The van der Waals surface area contributed by atoms with Crippen molar-refractivity contribution in [2.75, 3.05) is 6.61 Å². The molecule has 1 heterocycles. The van der Waals surface area contributed by atoms with Crippen LogP contribution in [0.2, 0.25) is 0 Å². The predicted octanol–water partition coefficient (Wildman–Crippen LogP) is 2.22. The second-order valence-corrected chi connectivity index (χ2v) is 5.40. The highest BCUT2D eigenvalue weighted by molar-refractivity contribution is 7.07. The van der Waals surface area contributed by atoms with Gasteiger partial charge in [0.1, 0.15) is 12.4 Å². The fraction of sp³-hybridized carbons (Fsp3) is 0.333. The normalized spacial score (nSPS) is 11.9. The zero-order valence-corrected chi connectivity index (χ0v) is 12.6. The summed E-state index contributed by atoms with van der Waals surface area (Å²) < 4.78 is 5.62. The Morgan fingerprint density at radius 2 is 2.38 bits per heavy atom. The topological polar surface area (TPSA) is 71.5 Å². The molecule has 2 N–H and O–H groups in total. The SMILES string of the molecule is CC(CCO)NC(=O)c1cccc(OCc2cscn2)c1. The maximum atomic E-state index is 12.1. The first-order valence-corrected chi connectivity index (χ1v) is 7.65. The van der Waals surface area contributed by atoms with Crippen molar-refractivity contribution in [3.63, 3.8) is 0 Å². The summed E-state index contributed by atoms with van der Waals surface area (Å²) in [7, 11) is 0. The van der Waals surface area contributed by atoms with Gasteiger partial charge in [0.2, 0.25) is 0 Å². The number of thiazole rings is 1. The Kier molecular flexibility index (Phi) is 5.71. The minimum absolute atomic E-state index is 0.0538. The number of amides is 1. The van der Waals surface area contributed by atoms with E-state index in [1.54, 1.807) is 29.8 Å². The Morgan fingerprint density at radius 3 is 3.10 bits per heavy atom. The molecule has 112 valence electrons. The molecule has 21 heavy (non-hydrogen) atoms. The van der Waals surface area contributed by atoms with Gasteiger partial charge in [-0.1, -0.05) is 6.07 Å². The lowest BCUT2D eigenvalue weighted by Gasteiger charge is -2.13. The van der Waals surface area contributed by atoms with E-state index >= 15 is 0 Å². The Balaban J connectivity index is 1.95. The summed E-state index contributed by atoms with van der Waals surface area (Å²) >= 11 is 1.52. The highest BCUT2D eigenvalue weighted by atomic mass is 32.1. The number of aromatic nitrogens is 1. The average Bonchev–Trinajstić information content (AvgIpc) is 2.99. The number of rotatable bonds is 7. The van der Waals surface area contributed by atoms with E-state index in [4.69, 9.17) is 9.84 Å². The number of carbonyl (C=O) groups excluding carboxylic acids is 1. The largest absolute Gasteiger partial charge is 0.487 e. The third kappa shape index (κ3) is 4.84. The molecule has 1 amide bonds. The third-order valence-corrected chi connectivity index (χ3v) is 3.54. The van der Waals surface area contributed by atoms with Crippen molar-refractivity contribution in [1.29, 1.82) is 0 Å². The highest BCUT2D eigenvalue weighted by Gasteiger charge is 2.10. The quantitative estimate of drug-likeness (QED) is 0.823. The Labute approximate surface area is 127 Å². The van der Waals surface area contributed by atoms with Gasteiger partial charge in [-0.25, -0.2) is 4.98 Å². The number of aliphatic hydroxyl groups excluding tert-OH is 1. The van der Waals surface area contributed by atoms with Gasteiger partial charge in [-0.15, -0.1) is 11.3 Å². The first kappa shape index (κ1) is 15.5. The lowest BCUT2D eigenvalue weighted by Crippen LogP contribution is -2.33. The summed E-state index contributed by atoms with van der Waals surface area (Å²) in [5.41, 5.74) is 3.16. The van der Waals surface area contributed by atoms with Crippen LogP contribution in [0.1, 0.15) is 29.4 Å². The first-order chi connectivity index (χ1) is 10.2. The molecule has 0 bridgehead atoms. The number of aliphatic hydroxyl groups is 1. The number of hydrogen-bond donors (Lipinski definition) is 2. The number of carbonyl (C=O) groups is 1. The van der Waals surface area contributed by atoms with Crippen molar-refractivity contribution < 1.29 is 14.6 Å². The molecule has 0 saturated heterocycles. The van der Waals surface area contributed by atoms with Gasteiger partial charge < -0.3 is 15.2 Å². The second-order valence-electron chi connectivity index (χ2n) is 4.68. The molecular formula is C15H18N2O3S. The van der Waals surface area contributed by atoms with Crippen LogP contribution in [0.25, 0.3) is 0 Å². The van der Waals surface area contributed by atoms with Gasteiger partial charge in [0.05, 0.1) is 11.2 Å². The lowest BCUT2D eigenvalue weighted by atomic mass is 10.1. The predicted molar refractivity (Wildman–Crippen MR) is 81.5 cm³/mol. The van der Waals surface area contributed by atoms with Crippen LogP contribution in [-0.4, -0.2) is 28.6 Å². The van der Waals surface area contributed by atoms with Gasteiger partial charge in [-0.2, -0.15) is 0 Å². The summed E-state index contributed by atoms with van der Waals surface area (Å²) in [6.45, 7) is 2.30. The van der Waals surface area contributed by atoms with E-state index < -0.39 is 0 Å². The lowest BCUT2D eigenvalue weighted by molar-refractivity contribution is 0.0934. The van der Waals surface area contributed by atoms with Gasteiger partial charge in [-0.05, 0) is 31.5 Å². The van der Waals surface area contributed by atoms with Gasteiger partial charge in [0.15, 0.2) is 0 Å². The van der Waals surface area contributed by atoms with Crippen LogP contribution in [0.5, 0.6) is 5.75 Å². The number of nitrogens with zero attached hydrogens (tertiary/aromatic N) is 1. The molecule has 2 aromatic rings. The van der Waals surface area contributed by atoms with E-state index in [1.165, 1.54) is 11.3 Å². The Hall–Kier alpha value is -1.92. The number of nitrogens with one attached hydrogen (secondary N) is 1. The number of benzene rings is 1. The standard InChI is InChI=1S/C15H18N2O3S/c1-11(5-6-18)17-15(19)12-3-2-4-14(7-12)20-8-13-9-21-10-16-13/h2-4,7,9-11,18H,5-6,8H2,1H3,(H,17,19). The van der Waals surface area contributed by atoms with Gasteiger partial charge in [0.25, 0.3) is 5.91 Å². The zero-order chi connectivity index (χ0) is 15.1. The zero-order valence-electron chi connectivity index (χ0n) is 11.8. The molecule has 5 nitrogen and oxygen atoms in total. The van der Waals surface area contributed by atoms with Gasteiger partial charge >= 0.3 is 0 Å². The monoisotopic (exact) mass is 306 g/mol. The van der Waals surface area contributed by atoms with Crippen molar-refractivity contribution in [3.8, 4) is 5.75 Å². The summed E-state index contributed by atoms with van der Waals surface area (Å²) in [4.78, 5) is 16.2. The van der Waals surface area contributed by atoms with Gasteiger partial charge in [-0.3, -0.25) is 4.79 Å². The molecule has 0 radical (unpaired) electrons. The fourth-order valence-electron chi connectivity index (χ4n) is 1.77. The van der Waals surface area contributed by atoms with Crippen LogP contribution in [-0.2, 0) is 6.61 Å². The fourth-order valence-corrected chi connectivity index (χ4v) is 2.31. The molecule has 0 aliphatic carbocycles. The summed E-state index contributed by atoms with van der Waals surface area (Å²) in [6.07, 6.45) is 0.533. The number of hydrogen-bond acceptors (Lipinski definition) is 5. The van der Waals surface area contributed by atoms with E-state index in [0.29, 0.717) is 24.3 Å². The molecule has 1 aromatic carbocycles. The van der Waals surface area contributed by atoms with Gasteiger partial charge in [0, 0.05) is 23.6 Å². The maximum absolute atomic E-state index is 12.1. The average molecular weight is 306 g/mol. The van der Waals surface area contributed by atoms with Crippen LogP contribution in [0.15, 0.2) is 35.2 Å². The van der Waals surface area contributed by atoms with E-state index in [2.05, 4.69) is 10.3 Å². The van der Waals surface area contributed by atoms with Crippen LogP contribution >= 0.6 is 11.3 Å². The van der Waals surface area contributed by atoms with Crippen molar-refractivity contribution >= 4 is 17.2 Å². The molecule has 1 unspecified atom stereocenters. The van der Waals surface area contributed by atoms with E-state index in [9.17, 15) is 4.79 Å². The molecule has 0 spiro atoms. The molecule has 0 aliphatic heterocycles. The Morgan fingerprint density at radius 1 is 1.52 bits per heavy atom. The van der Waals surface area contributed by atoms with Crippen LogP contribution in [0, 0.1) is 0 Å². The molecule has 2 rings (SSSR count). The minimum atomic E-state index is -0.171. The van der Waals surface area contributed by atoms with Crippen molar-refractivity contribution in [2.24, 2.45) is 0 Å². The molecule has 6 heteroatoms. The third-order valence-electron chi connectivity index (χ3n) is 2.91. The summed E-state index contributed by atoms with van der Waals surface area (Å²) in [6, 6.07) is 6.95. The molecule has 1 aromatic heterocycles. The van der Waals surface area contributed by atoms with E-state index in [1.807, 2.05) is 12.3 Å². The molecule has 0 saturated carbocycles. The molecule has 0 aliphatic rings. The number of ether oxygens (including phenoxy) is 1. The van der Waals surface area contributed by atoms with Crippen molar-refractivity contribution in [3.05, 3.63) is 46.4 Å². The first-order valence-electron chi connectivity index (χ1n) is 6.70. The Bertz CT molecular complexity index is 572. The molecule has 1 atom stereocenters. The van der Waals surface area contributed by atoms with Crippen LogP contribution in [0.3, 0.4) is 0 Å².